The second kappa shape index (κ2) is 10.9. The van der Waals surface area contributed by atoms with Crippen LogP contribution < -0.4 is 15.0 Å². The minimum Gasteiger partial charge on any atom is -0.426 e. The third-order valence-corrected chi connectivity index (χ3v) is 6.05. The molecule has 9 heteroatoms. The van der Waals surface area contributed by atoms with Crippen molar-refractivity contribution in [2.24, 2.45) is 0 Å². The van der Waals surface area contributed by atoms with Gasteiger partial charge in [0.05, 0.1) is 5.69 Å². The number of anilines is 2. The second-order valence-electron chi connectivity index (χ2n) is 8.60. The Balaban J connectivity index is 1.39. The maximum atomic E-state index is 11.5. The number of ether oxygens (including phenoxy) is 1. The summed E-state index contributed by atoms with van der Waals surface area (Å²) in [7, 11) is 0. The SMILES string of the molecule is CC(=O)Oc1ccccc1C(C)CNc1cc(-c2ccc(N3CCN(C(C)=O)CC3)nc2)ncn1. The summed E-state index contributed by atoms with van der Waals surface area (Å²) < 4.78 is 5.34. The van der Waals surface area contributed by atoms with Gasteiger partial charge in [0.15, 0.2) is 0 Å². The van der Waals surface area contributed by atoms with Crippen LogP contribution in [0.5, 0.6) is 5.75 Å². The summed E-state index contributed by atoms with van der Waals surface area (Å²) in [5.74, 6) is 2.04. The minimum atomic E-state index is -0.337. The van der Waals surface area contributed by atoms with Crippen molar-refractivity contribution in [1.82, 2.24) is 19.9 Å². The van der Waals surface area contributed by atoms with Crippen LogP contribution in [0.25, 0.3) is 11.3 Å². The molecule has 3 aromatic rings. The molecule has 3 heterocycles. The predicted octanol–water partition coefficient (Wildman–Crippen LogP) is 3.35. The van der Waals surface area contributed by atoms with E-state index in [2.05, 4.69) is 32.1 Å². The molecule has 1 aliphatic heterocycles. The highest BCUT2D eigenvalue weighted by Crippen LogP contribution is 2.27. The summed E-state index contributed by atoms with van der Waals surface area (Å²) in [5, 5.41) is 3.36. The number of nitrogens with zero attached hydrogens (tertiary/aromatic N) is 5. The molecule has 182 valence electrons. The standard InChI is InChI=1S/C26H30N6O3/c1-18(22-6-4-5-7-24(22)35-20(3)34)15-27-25-14-23(29-17-30-25)21-8-9-26(28-16-21)32-12-10-31(11-13-32)19(2)33/h4-9,14,16-18H,10-13,15H2,1-3H3,(H,27,29,30). The van der Waals surface area contributed by atoms with E-state index in [9.17, 15) is 9.59 Å². The number of pyridine rings is 1. The number of amides is 1. The van der Waals surface area contributed by atoms with E-state index >= 15 is 0 Å². The van der Waals surface area contributed by atoms with Crippen LogP contribution in [0.4, 0.5) is 11.6 Å². The molecule has 0 saturated carbocycles. The van der Waals surface area contributed by atoms with E-state index in [4.69, 9.17) is 4.74 Å². The summed E-state index contributed by atoms with van der Waals surface area (Å²) in [5.41, 5.74) is 2.62. The van der Waals surface area contributed by atoms with Crippen LogP contribution >= 0.6 is 0 Å². The van der Waals surface area contributed by atoms with Crippen LogP contribution in [0, 0.1) is 0 Å². The van der Waals surface area contributed by atoms with E-state index < -0.39 is 0 Å². The van der Waals surface area contributed by atoms with Crippen molar-refractivity contribution in [3.63, 3.8) is 0 Å². The number of esters is 1. The van der Waals surface area contributed by atoms with Crippen LogP contribution in [0.15, 0.2) is 55.0 Å². The van der Waals surface area contributed by atoms with Crippen LogP contribution in [-0.2, 0) is 9.59 Å². The Kier molecular flexibility index (Phi) is 7.54. The number of hydrogen-bond acceptors (Lipinski definition) is 8. The Labute approximate surface area is 205 Å². The third kappa shape index (κ3) is 6.11. The lowest BCUT2D eigenvalue weighted by Gasteiger charge is -2.34. The van der Waals surface area contributed by atoms with Gasteiger partial charge in [0, 0.05) is 70.3 Å². The van der Waals surface area contributed by atoms with Gasteiger partial charge in [0.1, 0.15) is 23.7 Å². The largest absolute Gasteiger partial charge is 0.426 e. The van der Waals surface area contributed by atoms with Crippen molar-refractivity contribution in [2.75, 3.05) is 42.9 Å². The first kappa shape index (κ1) is 24.1. The summed E-state index contributed by atoms with van der Waals surface area (Å²) in [4.78, 5) is 40.4. The average molecular weight is 475 g/mol. The molecular weight excluding hydrogens is 444 g/mol. The molecule has 35 heavy (non-hydrogen) atoms. The number of benzene rings is 1. The maximum Gasteiger partial charge on any atom is 0.308 e. The van der Waals surface area contributed by atoms with Crippen LogP contribution in [0.1, 0.15) is 32.3 Å². The molecule has 0 radical (unpaired) electrons. The van der Waals surface area contributed by atoms with E-state index in [1.807, 2.05) is 47.5 Å². The number of piperazine rings is 1. The first-order valence-electron chi connectivity index (χ1n) is 11.7. The normalized spacial score (nSPS) is 14.4. The molecule has 4 rings (SSSR count). The molecule has 1 aliphatic rings. The number of carbonyl (C=O) groups excluding carboxylic acids is 2. The van der Waals surface area contributed by atoms with Crippen LogP contribution in [0.2, 0.25) is 0 Å². The Hall–Kier alpha value is -4.01. The highest BCUT2D eigenvalue weighted by atomic mass is 16.5. The Morgan fingerprint density at radius 1 is 1.03 bits per heavy atom. The van der Waals surface area contributed by atoms with Crippen LogP contribution in [-0.4, -0.2) is 64.5 Å². The highest BCUT2D eigenvalue weighted by molar-refractivity contribution is 5.73. The Morgan fingerprint density at radius 3 is 2.49 bits per heavy atom. The molecule has 0 aliphatic carbocycles. The minimum absolute atomic E-state index is 0.0911. The van der Waals surface area contributed by atoms with Gasteiger partial charge in [-0.15, -0.1) is 0 Å². The molecule has 1 atom stereocenters. The highest BCUT2D eigenvalue weighted by Gasteiger charge is 2.19. The van der Waals surface area contributed by atoms with E-state index in [1.54, 1.807) is 13.0 Å². The molecule has 1 amide bonds. The lowest BCUT2D eigenvalue weighted by molar-refractivity contribution is -0.132. The van der Waals surface area contributed by atoms with E-state index in [0.717, 1.165) is 35.7 Å². The zero-order chi connectivity index (χ0) is 24.8. The molecule has 1 aromatic carbocycles. The number of aromatic nitrogens is 3. The number of nitrogens with one attached hydrogen (secondary N) is 1. The van der Waals surface area contributed by atoms with Gasteiger partial charge in [0.25, 0.3) is 0 Å². The van der Waals surface area contributed by atoms with E-state index in [-0.39, 0.29) is 17.8 Å². The van der Waals surface area contributed by atoms with Gasteiger partial charge in [-0.05, 0) is 23.8 Å². The fraction of sp³-hybridized carbons (Fsp3) is 0.346. The number of rotatable bonds is 7. The number of para-hydroxylation sites is 1. The first-order valence-corrected chi connectivity index (χ1v) is 11.7. The summed E-state index contributed by atoms with van der Waals surface area (Å²) >= 11 is 0. The summed E-state index contributed by atoms with van der Waals surface area (Å²) in [6.45, 7) is 8.65. The molecule has 1 fully saturated rings. The van der Waals surface area contributed by atoms with Crippen molar-refractivity contribution in [3.05, 3.63) is 60.6 Å². The van der Waals surface area contributed by atoms with Crippen molar-refractivity contribution in [3.8, 4) is 17.0 Å². The number of carbonyl (C=O) groups is 2. The quantitative estimate of drug-likeness (QED) is 0.411. The first-order chi connectivity index (χ1) is 16.9. The Bertz CT molecular complexity index is 1180. The predicted molar refractivity (Wildman–Crippen MR) is 134 cm³/mol. The smallest absolute Gasteiger partial charge is 0.308 e. The molecular formula is C26H30N6O3. The van der Waals surface area contributed by atoms with Gasteiger partial charge >= 0.3 is 5.97 Å². The fourth-order valence-corrected chi connectivity index (χ4v) is 4.09. The number of hydrogen-bond donors (Lipinski definition) is 1. The molecule has 1 unspecified atom stereocenters. The topological polar surface area (TPSA) is 101 Å². The van der Waals surface area contributed by atoms with Gasteiger partial charge in [-0.3, -0.25) is 9.59 Å². The zero-order valence-corrected chi connectivity index (χ0v) is 20.3. The summed E-state index contributed by atoms with van der Waals surface area (Å²) in [6, 6.07) is 13.4. The second-order valence-corrected chi connectivity index (χ2v) is 8.60. The van der Waals surface area contributed by atoms with Gasteiger partial charge < -0.3 is 19.9 Å². The van der Waals surface area contributed by atoms with Crippen molar-refractivity contribution in [1.29, 1.82) is 0 Å². The Morgan fingerprint density at radius 2 is 1.80 bits per heavy atom. The van der Waals surface area contributed by atoms with Crippen molar-refractivity contribution >= 4 is 23.5 Å². The van der Waals surface area contributed by atoms with Crippen molar-refractivity contribution in [2.45, 2.75) is 26.7 Å². The lowest BCUT2D eigenvalue weighted by Crippen LogP contribution is -2.48. The van der Waals surface area contributed by atoms with Gasteiger partial charge in [0.2, 0.25) is 5.91 Å². The molecule has 0 bridgehead atoms. The molecule has 2 aromatic heterocycles. The van der Waals surface area contributed by atoms with Gasteiger partial charge in [-0.2, -0.15) is 0 Å². The van der Waals surface area contributed by atoms with Gasteiger partial charge in [-0.1, -0.05) is 25.1 Å². The molecule has 1 N–H and O–H groups in total. The van der Waals surface area contributed by atoms with E-state index in [0.29, 0.717) is 31.2 Å². The average Bonchev–Trinajstić information content (AvgIpc) is 2.87. The molecule has 9 nitrogen and oxygen atoms in total. The zero-order valence-electron chi connectivity index (χ0n) is 20.3. The maximum absolute atomic E-state index is 11.5. The van der Waals surface area contributed by atoms with Crippen LogP contribution in [0.3, 0.4) is 0 Å². The fourth-order valence-electron chi connectivity index (χ4n) is 4.09. The van der Waals surface area contributed by atoms with Gasteiger partial charge in [-0.25, -0.2) is 15.0 Å². The van der Waals surface area contributed by atoms with Crippen molar-refractivity contribution < 1.29 is 14.3 Å². The lowest BCUT2D eigenvalue weighted by atomic mass is 10.00. The monoisotopic (exact) mass is 474 g/mol. The molecule has 0 spiro atoms. The molecule has 1 saturated heterocycles. The van der Waals surface area contributed by atoms with E-state index in [1.165, 1.54) is 13.3 Å². The summed E-state index contributed by atoms with van der Waals surface area (Å²) in [6.07, 6.45) is 3.35. The third-order valence-electron chi connectivity index (χ3n) is 6.05.